The highest BCUT2D eigenvalue weighted by Gasteiger charge is 2.21. The maximum Gasteiger partial charge on any atom is 0.123 e. The summed E-state index contributed by atoms with van der Waals surface area (Å²) in [5.74, 6) is -0.131. The Bertz CT molecular complexity index is 320. The lowest BCUT2D eigenvalue weighted by Crippen LogP contribution is -2.24. The molecule has 1 rings (SSSR count). The van der Waals surface area contributed by atoms with Crippen molar-refractivity contribution in [3.63, 3.8) is 0 Å². The van der Waals surface area contributed by atoms with Crippen LogP contribution in [0, 0.1) is 5.82 Å². The van der Waals surface area contributed by atoms with E-state index < -0.39 is 8.07 Å². The van der Waals surface area contributed by atoms with Gasteiger partial charge >= 0.3 is 0 Å². The monoisotopic (exact) mass is 226 g/mol. The van der Waals surface area contributed by atoms with Crippen molar-refractivity contribution in [3.05, 3.63) is 35.6 Å². The molecule has 15 heavy (non-hydrogen) atoms. The van der Waals surface area contributed by atoms with Gasteiger partial charge in [-0.05, 0) is 23.7 Å². The summed E-state index contributed by atoms with van der Waals surface area (Å²) >= 11 is 0. The zero-order valence-corrected chi connectivity index (χ0v) is 10.6. The number of benzene rings is 1. The summed E-state index contributed by atoms with van der Waals surface area (Å²) in [6.45, 7) is 6.88. The van der Waals surface area contributed by atoms with E-state index in [0.29, 0.717) is 0 Å². The zero-order valence-electron chi connectivity index (χ0n) is 9.63. The molecule has 84 valence electrons. The predicted octanol–water partition coefficient (Wildman–Crippen LogP) is 3.24. The average molecular weight is 226 g/mol. The smallest absolute Gasteiger partial charge is 0.123 e. The Morgan fingerprint density at radius 2 is 2.00 bits per heavy atom. The minimum atomic E-state index is -1.22. The third-order valence-corrected chi connectivity index (χ3v) is 4.12. The molecule has 0 saturated heterocycles. The van der Waals surface area contributed by atoms with E-state index in [9.17, 15) is 9.50 Å². The fourth-order valence-corrected chi connectivity index (χ4v) is 3.63. The molecule has 0 fully saturated rings. The first-order valence-corrected chi connectivity index (χ1v) is 8.99. The Kier molecular flexibility index (Phi) is 4.05. The standard InChI is InChI=1S/C12H19FOSi/c1-15(2,3)9-11(8-14)10-5-4-6-12(13)7-10/h4-7,11,14H,8-9H2,1-3H3. The van der Waals surface area contributed by atoms with E-state index in [4.69, 9.17) is 0 Å². The molecule has 0 aliphatic carbocycles. The quantitative estimate of drug-likeness (QED) is 0.781. The van der Waals surface area contributed by atoms with Crippen LogP contribution in [-0.2, 0) is 0 Å². The van der Waals surface area contributed by atoms with E-state index in [-0.39, 0.29) is 18.3 Å². The van der Waals surface area contributed by atoms with Gasteiger partial charge in [-0.2, -0.15) is 0 Å². The van der Waals surface area contributed by atoms with Gasteiger partial charge in [0.05, 0.1) is 0 Å². The second-order valence-electron chi connectivity index (χ2n) is 5.20. The lowest BCUT2D eigenvalue weighted by atomic mass is 10.0. The van der Waals surface area contributed by atoms with Crippen molar-refractivity contribution >= 4 is 8.07 Å². The van der Waals surface area contributed by atoms with Crippen molar-refractivity contribution in [3.8, 4) is 0 Å². The highest BCUT2D eigenvalue weighted by Crippen LogP contribution is 2.26. The molecule has 1 unspecified atom stereocenters. The summed E-state index contributed by atoms with van der Waals surface area (Å²) < 4.78 is 13.0. The van der Waals surface area contributed by atoms with Crippen LogP contribution in [0.4, 0.5) is 4.39 Å². The highest BCUT2D eigenvalue weighted by molar-refractivity contribution is 6.76. The van der Waals surface area contributed by atoms with Gasteiger partial charge in [0.25, 0.3) is 0 Å². The Labute approximate surface area is 92.0 Å². The van der Waals surface area contributed by atoms with E-state index in [2.05, 4.69) is 19.6 Å². The topological polar surface area (TPSA) is 20.2 Å². The number of halogens is 1. The van der Waals surface area contributed by atoms with Crippen LogP contribution in [0.2, 0.25) is 25.7 Å². The number of aliphatic hydroxyl groups excluding tert-OH is 1. The average Bonchev–Trinajstić information content (AvgIpc) is 2.13. The van der Waals surface area contributed by atoms with Crippen molar-refractivity contribution in [1.82, 2.24) is 0 Å². The molecule has 0 heterocycles. The third-order valence-electron chi connectivity index (χ3n) is 2.40. The number of aliphatic hydroxyl groups is 1. The molecular formula is C12H19FOSi. The van der Waals surface area contributed by atoms with Crippen molar-refractivity contribution < 1.29 is 9.50 Å². The molecule has 0 bridgehead atoms. The normalized spacial score (nSPS) is 13.9. The van der Waals surface area contributed by atoms with Crippen LogP contribution in [0.5, 0.6) is 0 Å². The van der Waals surface area contributed by atoms with Gasteiger partial charge in [0.2, 0.25) is 0 Å². The Morgan fingerprint density at radius 3 is 2.47 bits per heavy atom. The number of hydrogen-bond acceptors (Lipinski definition) is 1. The van der Waals surface area contributed by atoms with Gasteiger partial charge in [-0.25, -0.2) is 4.39 Å². The van der Waals surface area contributed by atoms with Gasteiger partial charge in [0.15, 0.2) is 0 Å². The molecule has 0 aromatic heterocycles. The number of hydrogen-bond donors (Lipinski definition) is 1. The summed E-state index contributed by atoms with van der Waals surface area (Å²) in [6.07, 6.45) is 0. The Balaban J connectivity index is 2.83. The minimum Gasteiger partial charge on any atom is -0.396 e. The summed E-state index contributed by atoms with van der Waals surface area (Å²) in [4.78, 5) is 0. The van der Waals surface area contributed by atoms with Crippen molar-refractivity contribution in [2.24, 2.45) is 0 Å². The largest absolute Gasteiger partial charge is 0.396 e. The fourth-order valence-electron chi connectivity index (χ4n) is 1.79. The Hall–Kier alpha value is -0.673. The van der Waals surface area contributed by atoms with Crippen LogP contribution in [0.1, 0.15) is 11.5 Å². The molecule has 1 aromatic rings. The van der Waals surface area contributed by atoms with Gasteiger partial charge in [0, 0.05) is 20.6 Å². The van der Waals surface area contributed by atoms with E-state index in [1.165, 1.54) is 12.1 Å². The van der Waals surface area contributed by atoms with Gasteiger partial charge in [-0.15, -0.1) is 0 Å². The molecule has 1 nitrogen and oxygen atoms in total. The van der Waals surface area contributed by atoms with E-state index in [1.54, 1.807) is 6.07 Å². The van der Waals surface area contributed by atoms with Crippen molar-refractivity contribution in [2.45, 2.75) is 31.6 Å². The maximum atomic E-state index is 13.0. The van der Waals surface area contributed by atoms with Gasteiger partial charge < -0.3 is 5.11 Å². The second kappa shape index (κ2) is 4.90. The molecule has 0 aliphatic heterocycles. The molecule has 3 heteroatoms. The van der Waals surface area contributed by atoms with Crippen LogP contribution in [0.3, 0.4) is 0 Å². The Morgan fingerprint density at radius 1 is 1.33 bits per heavy atom. The molecule has 1 N–H and O–H groups in total. The lowest BCUT2D eigenvalue weighted by Gasteiger charge is -2.23. The molecule has 1 aromatic carbocycles. The van der Waals surface area contributed by atoms with Gasteiger partial charge in [-0.3, -0.25) is 0 Å². The maximum absolute atomic E-state index is 13.0. The molecule has 1 atom stereocenters. The van der Waals surface area contributed by atoms with Crippen LogP contribution in [-0.4, -0.2) is 19.8 Å². The summed E-state index contributed by atoms with van der Waals surface area (Å²) in [5.41, 5.74) is 0.917. The summed E-state index contributed by atoms with van der Waals surface area (Å²) in [7, 11) is -1.22. The fraction of sp³-hybridized carbons (Fsp3) is 0.500. The lowest BCUT2D eigenvalue weighted by molar-refractivity contribution is 0.272. The van der Waals surface area contributed by atoms with Crippen molar-refractivity contribution in [2.75, 3.05) is 6.61 Å². The summed E-state index contributed by atoms with van der Waals surface area (Å²) in [5, 5.41) is 9.33. The van der Waals surface area contributed by atoms with E-state index >= 15 is 0 Å². The molecule has 0 amide bonds. The second-order valence-corrected chi connectivity index (χ2v) is 10.7. The van der Waals surface area contributed by atoms with Crippen LogP contribution < -0.4 is 0 Å². The van der Waals surface area contributed by atoms with Crippen LogP contribution >= 0.6 is 0 Å². The zero-order chi connectivity index (χ0) is 11.5. The van der Waals surface area contributed by atoms with Crippen LogP contribution in [0.15, 0.2) is 24.3 Å². The van der Waals surface area contributed by atoms with Crippen LogP contribution in [0.25, 0.3) is 0 Å². The molecule has 0 radical (unpaired) electrons. The van der Waals surface area contributed by atoms with Gasteiger partial charge in [0.1, 0.15) is 5.82 Å². The number of rotatable bonds is 4. The highest BCUT2D eigenvalue weighted by atomic mass is 28.3. The first-order chi connectivity index (χ1) is 6.92. The summed E-state index contributed by atoms with van der Waals surface area (Å²) in [6, 6.07) is 7.56. The first-order valence-electron chi connectivity index (χ1n) is 5.29. The van der Waals surface area contributed by atoms with E-state index in [0.717, 1.165) is 11.6 Å². The third kappa shape index (κ3) is 4.14. The van der Waals surface area contributed by atoms with E-state index in [1.807, 2.05) is 6.07 Å². The van der Waals surface area contributed by atoms with Gasteiger partial charge in [-0.1, -0.05) is 31.8 Å². The molecule has 0 aliphatic rings. The first kappa shape index (κ1) is 12.4. The molecule has 0 spiro atoms. The minimum absolute atomic E-state index is 0.0902. The molecule has 0 saturated carbocycles. The SMILES string of the molecule is C[Si](C)(C)CC(CO)c1cccc(F)c1. The molecular weight excluding hydrogens is 207 g/mol. The van der Waals surface area contributed by atoms with Crippen molar-refractivity contribution in [1.29, 1.82) is 0 Å². The predicted molar refractivity (Wildman–Crippen MR) is 64.4 cm³/mol.